The van der Waals surface area contributed by atoms with Crippen molar-refractivity contribution in [1.29, 1.82) is 0 Å². The largest absolute Gasteiger partial charge is 0.465 e. The van der Waals surface area contributed by atoms with Gasteiger partial charge in [0.2, 0.25) is 5.91 Å². The SMILES string of the molecule is COC(=O)c1sc(NC(=O)CCN2CCN(c3ccccc3)CC2)c(C(=O)OC)c1C. The quantitative estimate of drug-likeness (QED) is 0.656. The van der Waals surface area contributed by atoms with Gasteiger partial charge in [-0.1, -0.05) is 18.2 Å². The molecule has 1 N–H and O–H groups in total. The third-order valence-corrected chi connectivity index (χ3v) is 6.50. The molecule has 1 saturated heterocycles. The van der Waals surface area contributed by atoms with Gasteiger partial charge in [0, 0.05) is 44.8 Å². The standard InChI is InChI=1S/C22H27N3O5S/c1-15-18(21(27)29-2)20(31-19(15)22(28)30-3)23-17(26)9-10-24-11-13-25(14-12-24)16-7-5-4-6-8-16/h4-8H,9-14H2,1-3H3,(H,23,26). The number of carbonyl (C=O) groups excluding carboxylic acids is 3. The summed E-state index contributed by atoms with van der Waals surface area (Å²) in [7, 11) is 2.53. The molecule has 2 heterocycles. The van der Waals surface area contributed by atoms with Crippen LogP contribution in [0.1, 0.15) is 32.0 Å². The Labute approximate surface area is 185 Å². The molecule has 166 valence electrons. The summed E-state index contributed by atoms with van der Waals surface area (Å²) in [6, 6.07) is 10.3. The number of nitrogens with zero attached hydrogens (tertiary/aromatic N) is 2. The van der Waals surface area contributed by atoms with Gasteiger partial charge in [0.05, 0.1) is 19.8 Å². The Hall–Kier alpha value is -2.91. The zero-order valence-corrected chi connectivity index (χ0v) is 18.8. The first kappa shape index (κ1) is 22.8. The van der Waals surface area contributed by atoms with Gasteiger partial charge in [-0.3, -0.25) is 9.69 Å². The highest BCUT2D eigenvalue weighted by Crippen LogP contribution is 2.34. The Morgan fingerprint density at radius 3 is 2.26 bits per heavy atom. The van der Waals surface area contributed by atoms with E-state index in [2.05, 4.69) is 27.2 Å². The Morgan fingerprint density at radius 2 is 1.65 bits per heavy atom. The summed E-state index contributed by atoms with van der Waals surface area (Å²) in [6.07, 6.45) is 0.288. The Morgan fingerprint density at radius 1 is 1.00 bits per heavy atom. The number of carbonyl (C=O) groups is 3. The molecule has 8 nitrogen and oxygen atoms in total. The fraction of sp³-hybridized carbons (Fsp3) is 0.409. The number of para-hydroxylation sites is 1. The predicted octanol–water partition coefficient (Wildman–Crippen LogP) is 2.78. The second kappa shape index (κ2) is 10.4. The van der Waals surface area contributed by atoms with Gasteiger partial charge in [0.1, 0.15) is 9.88 Å². The first-order valence-electron chi connectivity index (χ1n) is 10.1. The van der Waals surface area contributed by atoms with Gasteiger partial charge < -0.3 is 19.7 Å². The molecule has 3 rings (SSSR count). The van der Waals surface area contributed by atoms with E-state index in [4.69, 9.17) is 9.47 Å². The fourth-order valence-electron chi connectivity index (χ4n) is 3.55. The highest BCUT2D eigenvalue weighted by molar-refractivity contribution is 7.18. The van der Waals surface area contributed by atoms with Crippen LogP contribution < -0.4 is 10.2 Å². The van der Waals surface area contributed by atoms with Gasteiger partial charge in [-0.25, -0.2) is 9.59 Å². The van der Waals surface area contributed by atoms with Crippen LogP contribution in [-0.2, 0) is 14.3 Å². The number of thiophene rings is 1. The molecule has 0 atom stereocenters. The molecule has 0 bridgehead atoms. The van der Waals surface area contributed by atoms with E-state index < -0.39 is 11.9 Å². The molecule has 0 unspecified atom stereocenters. The zero-order valence-electron chi connectivity index (χ0n) is 18.0. The number of amides is 1. The van der Waals surface area contributed by atoms with Crippen molar-refractivity contribution >= 4 is 39.9 Å². The highest BCUT2D eigenvalue weighted by atomic mass is 32.1. The Balaban J connectivity index is 1.56. The van der Waals surface area contributed by atoms with Crippen molar-refractivity contribution in [3.8, 4) is 0 Å². The number of piperazine rings is 1. The second-order valence-electron chi connectivity index (χ2n) is 7.21. The minimum absolute atomic E-state index is 0.192. The number of esters is 2. The summed E-state index contributed by atoms with van der Waals surface area (Å²) in [5, 5.41) is 3.08. The van der Waals surface area contributed by atoms with E-state index in [9.17, 15) is 14.4 Å². The molecule has 1 aliphatic rings. The lowest BCUT2D eigenvalue weighted by molar-refractivity contribution is -0.116. The highest BCUT2D eigenvalue weighted by Gasteiger charge is 2.27. The average Bonchev–Trinajstić information content (AvgIpc) is 3.13. The lowest BCUT2D eigenvalue weighted by Gasteiger charge is -2.36. The van der Waals surface area contributed by atoms with Gasteiger partial charge in [0.15, 0.2) is 0 Å². The predicted molar refractivity (Wildman–Crippen MR) is 120 cm³/mol. The van der Waals surface area contributed by atoms with Crippen LogP contribution in [0.4, 0.5) is 10.7 Å². The van der Waals surface area contributed by atoms with Crippen molar-refractivity contribution in [3.63, 3.8) is 0 Å². The first-order valence-corrected chi connectivity index (χ1v) is 10.9. The summed E-state index contributed by atoms with van der Waals surface area (Å²) in [5.41, 5.74) is 1.85. The van der Waals surface area contributed by atoms with Crippen LogP contribution in [0.15, 0.2) is 30.3 Å². The lowest BCUT2D eigenvalue weighted by Crippen LogP contribution is -2.47. The average molecular weight is 446 g/mol. The van der Waals surface area contributed by atoms with Crippen molar-refractivity contribution in [2.24, 2.45) is 0 Å². The van der Waals surface area contributed by atoms with Crippen molar-refractivity contribution in [2.45, 2.75) is 13.3 Å². The number of rotatable bonds is 7. The molecule has 1 amide bonds. The summed E-state index contributed by atoms with van der Waals surface area (Å²) in [5.74, 6) is -1.37. The maximum Gasteiger partial charge on any atom is 0.348 e. The minimum atomic E-state index is -0.601. The topological polar surface area (TPSA) is 88.2 Å². The van der Waals surface area contributed by atoms with E-state index in [1.165, 1.54) is 19.9 Å². The van der Waals surface area contributed by atoms with E-state index in [1.54, 1.807) is 6.92 Å². The van der Waals surface area contributed by atoms with E-state index in [0.717, 1.165) is 37.5 Å². The second-order valence-corrected chi connectivity index (χ2v) is 8.23. The van der Waals surface area contributed by atoms with Crippen LogP contribution in [0.25, 0.3) is 0 Å². The normalized spacial score (nSPS) is 14.2. The van der Waals surface area contributed by atoms with Crippen molar-refractivity contribution in [1.82, 2.24) is 4.90 Å². The molecule has 31 heavy (non-hydrogen) atoms. The van der Waals surface area contributed by atoms with E-state index in [1.807, 2.05) is 18.2 Å². The van der Waals surface area contributed by atoms with Crippen LogP contribution in [0.5, 0.6) is 0 Å². The van der Waals surface area contributed by atoms with Crippen molar-refractivity contribution in [2.75, 3.05) is 57.2 Å². The number of benzene rings is 1. The number of anilines is 2. The van der Waals surface area contributed by atoms with Crippen molar-refractivity contribution in [3.05, 3.63) is 46.3 Å². The van der Waals surface area contributed by atoms with Gasteiger partial charge in [-0.15, -0.1) is 11.3 Å². The molecule has 0 saturated carbocycles. The number of ether oxygens (including phenoxy) is 2. The molecular formula is C22H27N3O5S. The molecule has 0 radical (unpaired) electrons. The summed E-state index contributed by atoms with van der Waals surface area (Å²) in [6.45, 7) is 5.82. The van der Waals surface area contributed by atoms with Crippen LogP contribution in [0, 0.1) is 6.92 Å². The summed E-state index contributed by atoms with van der Waals surface area (Å²) >= 11 is 1.02. The maximum atomic E-state index is 12.6. The van der Waals surface area contributed by atoms with Gasteiger partial charge in [-0.05, 0) is 24.6 Å². The third kappa shape index (κ3) is 5.42. The molecule has 1 aromatic heterocycles. The van der Waals surface area contributed by atoms with Gasteiger partial charge in [0.25, 0.3) is 0 Å². The van der Waals surface area contributed by atoms with E-state index >= 15 is 0 Å². The lowest BCUT2D eigenvalue weighted by atomic mass is 10.1. The van der Waals surface area contributed by atoms with Gasteiger partial charge in [-0.2, -0.15) is 0 Å². The van der Waals surface area contributed by atoms with Crippen LogP contribution in [0.3, 0.4) is 0 Å². The molecular weight excluding hydrogens is 418 g/mol. The summed E-state index contributed by atoms with van der Waals surface area (Å²) < 4.78 is 9.59. The van der Waals surface area contributed by atoms with Crippen LogP contribution in [-0.4, -0.2) is 69.7 Å². The smallest absolute Gasteiger partial charge is 0.348 e. The number of methoxy groups -OCH3 is 2. The number of nitrogens with one attached hydrogen (secondary N) is 1. The van der Waals surface area contributed by atoms with Gasteiger partial charge >= 0.3 is 11.9 Å². The molecule has 0 spiro atoms. The van der Waals surface area contributed by atoms with Crippen LogP contribution in [0.2, 0.25) is 0 Å². The Kier molecular flexibility index (Phi) is 7.64. The molecule has 9 heteroatoms. The molecule has 1 fully saturated rings. The molecule has 0 aliphatic carbocycles. The maximum absolute atomic E-state index is 12.6. The van der Waals surface area contributed by atoms with Crippen molar-refractivity contribution < 1.29 is 23.9 Å². The zero-order chi connectivity index (χ0) is 22.4. The monoisotopic (exact) mass is 445 g/mol. The molecule has 1 aromatic carbocycles. The Bertz CT molecular complexity index is 936. The molecule has 2 aromatic rings. The first-order chi connectivity index (χ1) is 14.9. The molecule has 1 aliphatic heterocycles. The fourth-order valence-corrected chi connectivity index (χ4v) is 4.68. The third-order valence-electron chi connectivity index (χ3n) is 5.31. The number of hydrogen-bond donors (Lipinski definition) is 1. The minimum Gasteiger partial charge on any atom is -0.465 e. The van der Waals surface area contributed by atoms with Crippen LogP contribution >= 0.6 is 11.3 Å². The number of hydrogen-bond acceptors (Lipinski definition) is 8. The summed E-state index contributed by atoms with van der Waals surface area (Å²) in [4.78, 5) is 41.6. The van der Waals surface area contributed by atoms with E-state index in [-0.39, 0.29) is 22.8 Å². The van der Waals surface area contributed by atoms with E-state index in [0.29, 0.717) is 17.1 Å².